The lowest BCUT2D eigenvalue weighted by molar-refractivity contribution is 0.709. The molecule has 80 valence electrons. The van der Waals surface area contributed by atoms with Crippen molar-refractivity contribution in [1.82, 2.24) is 4.98 Å². The molecule has 15 heavy (non-hydrogen) atoms. The van der Waals surface area contributed by atoms with Gasteiger partial charge >= 0.3 is 0 Å². The van der Waals surface area contributed by atoms with Gasteiger partial charge in [-0.05, 0) is 41.4 Å². The number of rotatable bonds is 3. The molecule has 1 heterocycles. The van der Waals surface area contributed by atoms with E-state index in [9.17, 15) is 0 Å². The molecule has 0 saturated heterocycles. The predicted molar refractivity (Wildman–Crippen MR) is 64.7 cm³/mol. The number of pyridine rings is 1. The lowest BCUT2D eigenvalue weighted by atomic mass is 10.2. The fourth-order valence-corrected chi connectivity index (χ4v) is 2.11. The van der Waals surface area contributed by atoms with Crippen LogP contribution in [-0.2, 0) is 0 Å². The van der Waals surface area contributed by atoms with E-state index >= 15 is 0 Å². The molecule has 1 rings (SSSR count). The van der Waals surface area contributed by atoms with E-state index in [0.717, 1.165) is 15.9 Å². The van der Waals surface area contributed by atoms with Crippen molar-refractivity contribution in [3.05, 3.63) is 22.3 Å². The van der Waals surface area contributed by atoms with Crippen LogP contribution in [0.1, 0.15) is 12.5 Å². The highest BCUT2D eigenvalue weighted by atomic mass is 79.9. The number of halogens is 1. The number of aryl methyl sites for hydroxylation is 1. The first-order valence-corrected chi connectivity index (χ1v) is 5.56. The maximum Gasteiger partial charge on any atom is 0.142 e. The van der Waals surface area contributed by atoms with E-state index in [0.29, 0.717) is 6.54 Å². The molecule has 1 unspecified atom stereocenters. The molecule has 0 aliphatic carbocycles. The Labute approximate surface area is 98.9 Å². The molecule has 0 spiro atoms. The summed E-state index contributed by atoms with van der Waals surface area (Å²) < 4.78 is 0.968. The molecule has 4 heteroatoms. The summed E-state index contributed by atoms with van der Waals surface area (Å²) in [5.41, 5.74) is 1.12. The van der Waals surface area contributed by atoms with Gasteiger partial charge < -0.3 is 4.90 Å². The van der Waals surface area contributed by atoms with Crippen molar-refractivity contribution in [2.75, 3.05) is 18.5 Å². The summed E-state index contributed by atoms with van der Waals surface area (Å²) in [6.07, 6.45) is 1.83. The van der Waals surface area contributed by atoms with E-state index < -0.39 is 0 Å². The zero-order chi connectivity index (χ0) is 11.4. The monoisotopic (exact) mass is 267 g/mol. The third-order valence-corrected chi connectivity index (χ3v) is 2.67. The third-order valence-electron chi connectivity index (χ3n) is 2.09. The second kappa shape index (κ2) is 5.13. The van der Waals surface area contributed by atoms with Gasteiger partial charge in [0.1, 0.15) is 5.82 Å². The van der Waals surface area contributed by atoms with Gasteiger partial charge in [0.15, 0.2) is 0 Å². The largest absolute Gasteiger partial charge is 0.357 e. The SMILES string of the molecule is Cc1cnc(N(C)CC(C)C#N)c(Br)c1. The fourth-order valence-electron chi connectivity index (χ4n) is 1.35. The topological polar surface area (TPSA) is 39.9 Å². The van der Waals surface area contributed by atoms with Gasteiger partial charge in [-0.2, -0.15) is 5.26 Å². The summed E-state index contributed by atoms with van der Waals surface area (Å²) in [5, 5.41) is 8.74. The van der Waals surface area contributed by atoms with E-state index in [2.05, 4.69) is 27.0 Å². The van der Waals surface area contributed by atoms with E-state index in [1.54, 1.807) is 0 Å². The second-order valence-electron chi connectivity index (χ2n) is 3.73. The minimum Gasteiger partial charge on any atom is -0.357 e. The Kier molecular flexibility index (Phi) is 4.10. The molecule has 0 fully saturated rings. The van der Waals surface area contributed by atoms with E-state index in [1.807, 2.05) is 38.1 Å². The molecule has 0 radical (unpaired) electrons. The number of aromatic nitrogens is 1. The highest BCUT2D eigenvalue weighted by Crippen LogP contribution is 2.23. The van der Waals surface area contributed by atoms with Gasteiger partial charge in [-0.1, -0.05) is 0 Å². The van der Waals surface area contributed by atoms with Crippen LogP contribution in [-0.4, -0.2) is 18.6 Å². The molecule has 0 bridgehead atoms. The van der Waals surface area contributed by atoms with Crippen molar-refractivity contribution in [1.29, 1.82) is 5.26 Å². The quantitative estimate of drug-likeness (QED) is 0.846. The normalized spacial score (nSPS) is 11.9. The summed E-state index contributed by atoms with van der Waals surface area (Å²) in [4.78, 5) is 6.32. The number of hydrogen-bond donors (Lipinski definition) is 0. The molecule has 0 saturated carbocycles. The molecule has 0 aromatic carbocycles. The zero-order valence-electron chi connectivity index (χ0n) is 9.16. The van der Waals surface area contributed by atoms with Gasteiger partial charge in [0.25, 0.3) is 0 Å². The summed E-state index contributed by atoms with van der Waals surface area (Å²) in [6.45, 7) is 4.59. The van der Waals surface area contributed by atoms with Crippen LogP contribution in [0.3, 0.4) is 0 Å². The van der Waals surface area contributed by atoms with Crippen molar-refractivity contribution in [2.24, 2.45) is 5.92 Å². The fraction of sp³-hybridized carbons (Fsp3) is 0.455. The van der Waals surface area contributed by atoms with E-state index in [4.69, 9.17) is 5.26 Å². The molecule has 0 aliphatic rings. The Hall–Kier alpha value is -1.08. The molecular formula is C11H14BrN3. The molecule has 0 amide bonds. The Morgan fingerprint density at radius 3 is 2.87 bits per heavy atom. The zero-order valence-corrected chi connectivity index (χ0v) is 10.7. The summed E-state index contributed by atoms with van der Waals surface area (Å²) in [6, 6.07) is 4.24. The van der Waals surface area contributed by atoms with Crippen molar-refractivity contribution in [3.63, 3.8) is 0 Å². The van der Waals surface area contributed by atoms with E-state index in [1.165, 1.54) is 0 Å². The minimum absolute atomic E-state index is 0.00463. The molecular weight excluding hydrogens is 254 g/mol. The molecule has 0 N–H and O–H groups in total. The average molecular weight is 268 g/mol. The van der Waals surface area contributed by atoms with Gasteiger partial charge in [-0.15, -0.1) is 0 Å². The average Bonchev–Trinajstić information content (AvgIpc) is 2.17. The predicted octanol–water partition coefficient (Wildman–Crippen LogP) is 2.75. The second-order valence-corrected chi connectivity index (χ2v) is 4.58. The highest BCUT2D eigenvalue weighted by molar-refractivity contribution is 9.10. The van der Waals surface area contributed by atoms with Gasteiger partial charge in [-0.25, -0.2) is 4.98 Å². The van der Waals surface area contributed by atoms with Crippen LogP contribution < -0.4 is 4.90 Å². The Bertz CT molecular complexity index is 384. The molecule has 1 atom stereocenters. The minimum atomic E-state index is 0.00463. The number of nitrogens with zero attached hydrogens (tertiary/aromatic N) is 3. The van der Waals surface area contributed by atoms with Crippen LogP contribution in [0.2, 0.25) is 0 Å². The van der Waals surface area contributed by atoms with Gasteiger partial charge in [-0.3, -0.25) is 0 Å². The molecule has 0 aliphatic heterocycles. The molecule has 1 aromatic rings. The van der Waals surface area contributed by atoms with Crippen molar-refractivity contribution in [3.8, 4) is 6.07 Å². The van der Waals surface area contributed by atoms with Crippen LogP contribution in [0.25, 0.3) is 0 Å². The molecule has 1 aromatic heterocycles. The lowest BCUT2D eigenvalue weighted by Gasteiger charge is -2.20. The Balaban J connectivity index is 2.83. The van der Waals surface area contributed by atoms with Gasteiger partial charge in [0, 0.05) is 19.8 Å². The lowest BCUT2D eigenvalue weighted by Crippen LogP contribution is -2.24. The Morgan fingerprint density at radius 1 is 1.67 bits per heavy atom. The van der Waals surface area contributed by atoms with Crippen molar-refractivity contribution < 1.29 is 0 Å². The third kappa shape index (κ3) is 3.21. The standard InChI is InChI=1S/C11H14BrN3/c1-8-4-10(12)11(14-6-8)15(3)7-9(2)5-13/h4,6,9H,7H2,1-3H3. The maximum atomic E-state index is 8.74. The van der Waals surface area contributed by atoms with Gasteiger partial charge in [0.2, 0.25) is 0 Å². The first-order valence-electron chi connectivity index (χ1n) is 4.77. The maximum absolute atomic E-state index is 8.74. The number of nitriles is 1. The van der Waals surface area contributed by atoms with Gasteiger partial charge in [0.05, 0.1) is 16.5 Å². The van der Waals surface area contributed by atoms with Crippen LogP contribution in [0.15, 0.2) is 16.7 Å². The van der Waals surface area contributed by atoms with Crippen LogP contribution >= 0.6 is 15.9 Å². The number of anilines is 1. The summed E-state index contributed by atoms with van der Waals surface area (Å²) >= 11 is 3.47. The smallest absolute Gasteiger partial charge is 0.142 e. The highest BCUT2D eigenvalue weighted by Gasteiger charge is 2.10. The van der Waals surface area contributed by atoms with Crippen LogP contribution in [0.5, 0.6) is 0 Å². The van der Waals surface area contributed by atoms with Crippen LogP contribution in [0.4, 0.5) is 5.82 Å². The van der Waals surface area contributed by atoms with Crippen molar-refractivity contribution >= 4 is 21.7 Å². The van der Waals surface area contributed by atoms with Crippen LogP contribution in [0, 0.1) is 24.2 Å². The van der Waals surface area contributed by atoms with E-state index in [-0.39, 0.29) is 5.92 Å². The van der Waals surface area contributed by atoms with Crippen molar-refractivity contribution in [2.45, 2.75) is 13.8 Å². The summed E-state index contributed by atoms with van der Waals surface area (Å²) in [7, 11) is 1.94. The molecule has 3 nitrogen and oxygen atoms in total. The summed E-state index contributed by atoms with van der Waals surface area (Å²) in [5.74, 6) is 0.882. The first-order chi connectivity index (χ1) is 7.04. The Morgan fingerprint density at radius 2 is 2.33 bits per heavy atom. The first kappa shape index (κ1) is 12.0. The number of hydrogen-bond acceptors (Lipinski definition) is 3.